The Balaban J connectivity index is 1.15. The van der Waals surface area contributed by atoms with Gasteiger partial charge in [0.1, 0.15) is 5.75 Å². The minimum Gasteiger partial charge on any atom is -0.508 e. The third-order valence-electron chi connectivity index (χ3n) is 18.7. The molecule has 4 aliphatic carbocycles. The SMILES string of the molecule is CCCC(C)CC(CCC1CCC(c2cc(CCCC3CC(C)C(CC)C(CC)C3)ccc2O)C(C)C1)C1CC(C2CCCCC2)Cc2c(C(C)C(C)CC(C)C)cc(C)nc21. The monoisotopic (exact) mass is 850 g/mol. The number of phenolic OH excluding ortho intramolecular Hbond substituents is 1. The number of pyridine rings is 1. The lowest BCUT2D eigenvalue weighted by atomic mass is 9.63. The molecule has 0 spiro atoms. The van der Waals surface area contributed by atoms with Crippen LogP contribution in [0.4, 0.5) is 0 Å². The van der Waals surface area contributed by atoms with E-state index in [2.05, 4.69) is 94.4 Å². The van der Waals surface area contributed by atoms with Crippen molar-refractivity contribution >= 4 is 0 Å². The van der Waals surface area contributed by atoms with Crippen LogP contribution in [-0.2, 0) is 12.8 Å². The van der Waals surface area contributed by atoms with Gasteiger partial charge in [-0.25, -0.2) is 0 Å². The number of aryl methyl sites for hydroxylation is 2. The molecule has 3 saturated carbocycles. The normalized spacial score (nSPS) is 30.5. The first-order chi connectivity index (χ1) is 29.8. The van der Waals surface area contributed by atoms with E-state index in [0.29, 0.717) is 35.3 Å². The maximum absolute atomic E-state index is 11.3. The molecule has 13 unspecified atom stereocenters. The van der Waals surface area contributed by atoms with Crippen LogP contribution in [0.5, 0.6) is 5.75 Å². The molecule has 0 bridgehead atoms. The molecule has 3 fully saturated rings. The Morgan fingerprint density at radius 1 is 0.758 bits per heavy atom. The topological polar surface area (TPSA) is 33.1 Å². The second-order valence-corrected chi connectivity index (χ2v) is 23.9. The molecule has 2 aromatic rings. The van der Waals surface area contributed by atoms with E-state index in [0.717, 1.165) is 65.6 Å². The van der Waals surface area contributed by atoms with Crippen LogP contribution >= 0.6 is 0 Å². The van der Waals surface area contributed by atoms with Crippen molar-refractivity contribution in [1.82, 2.24) is 4.98 Å². The summed E-state index contributed by atoms with van der Waals surface area (Å²) in [5.41, 5.74) is 8.88. The van der Waals surface area contributed by atoms with Crippen LogP contribution in [0.1, 0.15) is 255 Å². The van der Waals surface area contributed by atoms with E-state index in [1.54, 1.807) is 16.8 Å². The van der Waals surface area contributed by atoms with Crippen LogP contribution in [-0.4, -0.2) is 10.1 Å². The van der Waals surface area contributed by atoms with Crippen molar-refractivity contribution in [2.45, 2.75) is 242 Å². The molecule has 2 nitrogen and oxygen atoms in total. The number of fused-ring (bicyclic) bond motifs is 1. The maximum atomic E-state index is 11.3. The highest BCUT2D eigenvalue weighted by atomic mass is 16.3. The Hall–Kier alpha value is -1.83. The van der Waals surface area contributed by atoms with Crippen molar-refractivity contribution in [3.8, 4) is 5.75 Å². The van der Waals surface area contributed by atoms with Gasteiger partial charge >= 0.3 is 0 Å². The molecule has 62 heavy (non-hydrogen) atoms. The Morgan fingerprint density at radius 3 is 2.21 bits per heavy atom. The second kappa shape index (κ2) is 23.6. The zero-order chi connectivity index (χ0) is 44.5. The molecular formula is C60H99NO. The third kappa shape index (κ3) is 12.7. The zero-order valence-corrected chi connectivity index (χ0v) is 42.6. The fourth-order valence-corrected chi connectivity index (χ4v) is 15.4. The first-order valence-corrected chi connectivity index (χ1v) is 27.6. The standard InChI is InChI=1S/C60H99NO/c1-12-19-40(6)31-51(56-37-52(50-22-16-15-17-23-50)38-58-55(34-44(10)61-60(56)58)45(11)41(7)30-39(4)5)27-24-47-25-28-54(43(9)32-47)57-36-46(26-29-59(57)62)20-18-21-48-33-42(8)53(14-3)49(13-2)35-48/h26,29,34,36,39-43,45,47-54,56,62H,12-25,27-28,30-33,35,37-38H2,1-11H3. The highest BCUT2D eigenvalue weighted by Gasteiger charge is 2.40. The Labute approximate surface area is 384 Å². The van der Waals surface area contributed by atoms with Crippen LogP contribution in [0.3, 0.4) is 0 Å². The number of hydrogen-bond donors (Lipinski definition) is 1. The Morgan fingerprint density at radius 2 is 1.52 bits per heavy atom. The number of phenols is 1. The largest absolute Gasteiger partial charge is 0.508 e. The summed E-state index contributed by atoms with van der Waals surface area (Å²) < 4.78 is 0. The lowest BCUT2D eigenvalue weighted by molar-refractivity contribution is 0.103. The van der Waals surface area contributed by atoms with Crippen LogP contribution in [0.2, 0.25) is 0 Å². The Bertz CT molecular complexity index is 1640. The fraction of sp³-hybridized carbons (Fsp3) is 0.817. The molecule has 13 atom stereocenters. The molecule has 2 heteroatoms. The van der Waals surface area contributed by atoms with Crippen molar-refractivity contribution in [2.75, 3.05) is 0 Å². The molecule has 1 N–H and O–H groups in total. The summed E-state index contributed by atoms with van der Waals surface area (Å²) in [6.45, 7) is 27.0. The van der Waals surface area contributed by atoms with E-state index in [1.807, 2.05) is 6.07 Å². The number of aromatic nitrogens is 1. The molecule has 0 amide bonds. The molecule has 1 aromatic heterocycles. The number of nitrogens with zero attached hydrogens (tertiary/aromatic N) is 1. The van der Waals surface area contributed by atoms with Crippen LogP contribution < -0.4 is 0 Å². The Kier molecular flexibility index (Phi) is 18.9. The second-order valence-electron chi connectivity index (χ2n) is 23.9. The molecule has 4 aliphatic rings. The van der Waals surface area contributed by atoms with Gasteiger partial charge < -0.3 is 5.11 Å². The van der Waals surface area contributed by atoms with Crippen molar-refractivity contribution in [3.63, 3.8) is 0 Å². The maximum Gasteiger partial charge on any atom is 0.119 e. The summed E-state index contributed by atoms with van der Waals surface area (Å²) in [6.07, 6.45) is 31.2. The van der Waals surface area contributed by atoms with Crippen molar-refractivity contribution in [1.29, 1.82) is 0 Å². The smallest absolute Gasteiger partial charge is 0.119 e. The van der Waals surface area contributed by atoms with Gasteiger partial charge in [0.05, 0.1) is 0 Å². The van der Waals surface area contributed by atoms with E-state index in [9.17, 15) is 5.11 Å². The van der Waals surface area contributed by atoms with Crippen molar-refractivity contribution < 1.29 is 5.11 Å². The predicted molar refractivity (Wildman–Crippen MR) is 268 cm³/mol. The predicted octanol–water partition coefficient (Wildman–Crippen LogP) is 18.0. The first kappa shape index (κ1) is 49.6. The molecule has 1 heterocycles. The van der Waals surface area contributed by atoms with Gasteiger partial charge in [0.15, 0.2) is 0 Å². The number of hydrogen-bond acceptors (Lipinski definition) is 2. The van der Waals surface area contributed by atoms with Gasteiger partial charge in [0, 0.05) is 17.3 Å². The van der Waals surface area contributed by atoms with Gasteiger partial charge in [-0.1, -0.05) is 152 Å². The van der Waals surface area contributed by atoms with Crippen LogP contribution in [0.15, 0.2) is 24.3 Å². The minimum atomic E-state index is 0.481. The molecule has 6 rings (SSSR count). The summed E-state index contributed by atoms with van der Waals surface area (Å²) >= 11 is 0. The molecule has 1 aromatic carbocycles. The molecular weight excluding hydrogens is 751 g/mol. The summed E-state index contributed by atoms with van der Waals surface area (Å²) in [5, 5.41) is 11.3. The van der Waals surface area contributed by atoms with E-state index in [-0.39, 0.29) is 0 Å². The van der Waals surface area contributed by atoms with Crippen molar-refractivity contribution in [2.24, 2.45) is 71.0 Å². The third-order valence-corrected chi connectivity index (χ3v) is 18.7. The molecule has 0 saturated heterocycles. The summed E-state index contributed by atoms with van der Waals surface area (Å²) in [4.78, 5) is 5.61. The minimum absolute atomic E-state index is 0.481. The van der Waals surface area contributed by atoms with E-state index >= 15 is 0 Å². The average Bonchev–Trinajstić information content (AvgIpc) is 3.25. The van der Waals surface area contributed by atoms with Gasteiger partial charge in [-0.05, 0) is 201 Å². The van der Waals surface area contributed by atoms with Crippen molar-refractivity contribution in [3.05, 3.63) is 57.9 Å². The van der Waals surface area contributed by atoms with Crippen LogP contribution in [0.25, 0.3) is 0 Å². The molecule has 0 radical (unpaired) electrons. The van der Waals surface area contributed by atoms with Gasteiger partial charge in [-0.3, -0.25) is 4.98 Å². The lowest BCUT2D eigenvalue weighted by Crippen LogP contribution is -2.33. The van der Waals surface area contributed by atoms with Crippen LogP contribution in [0, 0.1) is 77.9 Å². The molecule has 350 valence electrons. The average molecular weight is 850 g/mol. The van der Waals surface area contributed by atoms with Gasteiger partial charge in [-0.2, -0.15) is 0 Å². The summed E-state index contributed by atoms with van der Waals surface area (Å²) in [6, 6.07) is 9.24. The quantitative estimate of drug-likeness (QED) is 0.144. The number of rotatable bonds is 20. The van der Waals surface area contributed by atoms with E-state index < -0.39 is 0 Å². The van der Waals surface area contributed by atoms with Gasteiger partial charge in [-0.15, -0.1) is 0 Å². The fourth-order valence-electron chi connectivity index (χ4n) is 15.4. The number of aromatic hydroxyl groups is 1. The summed E-state index contributed by atoms with van der Waals surface area (Å²) in [5.74, 6) is 11.9. The lowest BCUT2D eigenvalue weighted by Gasteiger charge is -2.43. The van der Waals surface area contributed by atoms with E-state index in [4.69, 9.17) is 4.98 Å². The number of benzene rings is 1. The highest BCUT2D eigenvalue weighted by Crippen LogP contribution is 2.51. The molecule has 0 aliphatic heterocycles. The first-order valence-electron chi connectivity index (χ1n) is 27.6. The highest BCUT2D eigenvalue weighted by molar-refractivity contribution is 5.41. The van der Waals surface area contributed by atoms with E-state index in [1.165, 1.54) is 158 Å². The summed E-state index contributed by atoms with van der Waals surface area (Å²) in [7, 11) is 0. The van der Waals surface area contributed by atoms with Gasteiger partial charge in [0.2, 0.25) is 0 Å². The zero-order valence-electron chi connectivity index (χ0n) is 42.6. The van der Waals surface area contributed by atoms with Gasteiger partial charge in [0.25, 0.3) is 0 Å².